The molecule has 1 unspecified atom stereocenters. The molecule has 0 bridgehead atoms. The van der Waals surface area contributed by atoms with Gasteiger partial charge in [0, 0.05) is 0 Å². The molecular formula is C15H16N6O6S. The molecule has 148 valence electrons. The lowest BCUT2D eigenvalue weighted by Gasteiger charge is -2.15. The maximum Gasteiger partial charge on any atom is 0.364 e. The number of hydrogen-bond donors (Lipinski definition) is 3. The summed E-state index contributed by atoms with van der Waals surface area (Å²) >= 11 is 0. The largest absolute Gasteiger partial charge is 0.507 e. The van der Waals surface area contributed by atoms with Gasteiger partial charge in [-0.25, -0.2) is 23.9 Å². The standard InChI is InChI=1S/C15H16N6O6S/c1-9(26-8-21-7-19-12-13(16)17-6-18-14(12)21)27-28(24,25)20-15(23)10-4-2-3-5-11(10)22/h2-7,9,22H,8H2,1H3,(H,20,23)(H2,16,17,18). The van der Waals surface area contributed by atoms with Crippen molar-refractivity contribution in [1.82, 2.24) is 24.2 Å². The number of carbonyl (C=O) groups is 1. The number of nitrogens with one attached hydrogen (secondary N) is 1. The highest BCUT2D eigenvalue weighted by Gasteiger charge is 2.22. The number of anilines is 1. The highest BCUT2D eigenvalue weighted by atomic mass is 32.2. The molecule has 13 heteroatoms. The molecule has 28 heavy (non-hydrogen) atoms. The van der Waals surface area contributed by atoms with Gasteiger partial charge in [0.25, 0.3) is 5.91 Å². The second kappa shape index (κ2) is 7.75. The van der Waals surface area contributed by atoms with Crippen LogP contribution < -0.4 is 10.5 Å². The zero-order chi connectivity index (χ0) is 20.3. The van der Waals surface area contributed by atoms with Crippen LogP contribution in [0.15, 0.2) is 36.9 Å². The molecule has 3 aromatic rings. The minimum Gasteiger partial charge on any atom is -0.507 e. The molecule has 1 amide bonds. The summed E-state index contributed by atoms with van der Waals surface area (Å²) < 4.78 is 37.2. The normalized spacial score (nSPS) is 12.8. The number of amides is 1. The number of carbonyl (C=O) groups excluding carboxylic acids is 1. The van der Waals surface area contributed by atoms with E-state index in [0.717, 1.165) is 0 Å². The predicted molar refractivity (Wildman–Crippen MR) is 95.9 cm³/mol. The minimum absolute atomic E-state index is 0.142. The van der Waals surface area contributed by atoms with Crippen LogP contribution in [0, 0.1) is 0 Å². The number of nitrogens with two attached hydrogens (primary N) is 1. The van der Waals surface area contributed by atoms with Crippen LogP contribution in [0.5, 0.6) is 5.75 Å². The first kappa shape index (κ1) is 19.5. The molecule has 0 saturated carbocycles. The Bertz CT molecular complexity index is 1120. The molecule has 0 spiro atoms. The van der Waals surface area contributed by atoms with Gasteiger partial charge in [-0.1, -0.05) is 12.1 Å². The van der Waals surface area contributed by atoms with Crippen LogP contribution in [-0.2, 0) is 26.0 Å². The van der Waals surface area contributed by atoms with Gasteiger partial charge in [0.2, 0.25) is 0 Å². The van der Waals surface area contributed by atoms with Gasteiger partial charge in [0.1, 0.15) is 24.3 Å². The van der Waals surface area contributed by atoms with Gasteiger partial charge in [0.05, 0.1) is 11.9 Å². The number of ether oxygens (including phenoxy) is 1. The third kappa shape index (κ3) is 4.33. The van der Waals surface area contributed by atoms with Crippen LogP contribution in [0.1, 0.15) is 17.3 Å². The van der Waals surface area contributed by atoms with Crippen LogP contribution in [0.3, 0.4) is 0 Å². The zero-order valence-electron chi connectivity index (χ0n) is 14.5. The molecule has 2 aromatic heterocycles. The third-order valence-electron chi connectivity index (χ3n) is 3.51. The molecule has 0 aliphatic rings. The average Bonchev–Trinajstić information content (AvgIpc) is 3.04. The lowest BCUT2D eigenvalue weighted by atomic mass is 10.2. The Morgan fingerprint density at radius 1 is 1.32 bits per heavy atom. The number of fused-ring (bicyclic) bond motifs is 1. The maximum atomic E-state index is 12.0. The van der Waals surface area contributed by atoms with Crippen molar-refractivity contribution in [1.29, 1.82) is 0 Å². The fraction of sp³-hybridized carbons (Fsp3) is 0.200. The van der Waals surface area contributed by atoms with Crippen LogP contribution in [0.2, 0.25) is 0 Å². The first-order chi connectivity index (χ1) is 13.3. The molecule has 12 nitrogen and oxygen atoms in total. The van der Waals surface area contributed by atoms with E-state index in [-0.39, 0.29) is 23.9 Å². The Kier molecular flexibility index (Phi) is 5.39. The van der Waals surface area contributed by atoms with Crippen molar-refractivity contribution in [3.63, 3.8) is 0 Å². The van der Waals surface area contributed by atoms with E-state index in [9.17, 15) is 18.3 Å². The number of nitrogens with zero attached hydrogens (tertiary/aromatic N) is 4. The van der Waals surface area contributed by atoms with Crippen LogP contribution in [0.4, 0.5) is 5.82 Å². The molecule has 2 heterocycles. The molecule has 1 aromatic carbocycles. The average molecular weight is 408 g/mol. The third-order valence-corrected chi connectivity index (χ3v) is 4.47. The summed E-state index contributed by atoms with van der Waals surface area (Å²) in [5.41, 5.74) is 6.24. The Balaban J connectivity index is 1.60. The first-order valence-corrected chi connectivity index (χ1v) is 9.24. The number of phenolic OH excluding ortho intramolecular Hbond substituents is 1. The van der Waals surface area contributed by atoms with E-state index in [2.05, 4.69) is 15.0 Å². The smallest absolute Gasteiger partial charge is 0.364 e. The molecule has 0 aliphatic heterocycles. The van der Waals surface area contributed by atoms with E-state index in [1.165, 1.54) is 48.4 Å². The molecule has 0 saturated heterocycles. The van der Waals surface area contributed by atoms with E-state index in [0.29, 0.717) is 11.2 Å². The second-order valence-corrected chi connectivity index (χ2v) is 6.81. The fourth-order valence-electron chi connectivity index (χ4n) is 2.24. The van der Waals surface area contributed by atoms with Crippen LogP contribution in [0.25, 0.3) is 11.2 Å². The molecular weight excluding hydrogens is 392 g/mol. The van der Waals surface area contributed by atoms with Gasteiger partial charge in [-0.05, 0) is 19.1 Å². The summed E-state index contributed by atoms with van der Waals surface area (Å²) in [4.78, 5) is 23.9. The van der Waals surface area contributed by atoms with Crippen molar-refractivity contribution in [2.24, 2.45) is 0 Å². The van der Waals surface area contributed by atoms with Gasteiger partial charge >= 0.3 is 10.3 Å². The Morgan fingerprint density at radius 2 is 2.07 bits per heavy atom. The fourth-order valence-corrected chi connectivity index (χ4v) is 3.04. The van der Waals surface area contributed by atoms with E-state index in [4.69, 9.17) is 14.7 Å². The SMILES string of the molecule is CC(OCn1cnc2c(N)ncnc21)OS(=O)(=O)NC(=O)c1ccccc1O. The number of rotatable bonds is 7. The van der Waals surface area contributed by atoms with Gasteiger partial charge in [0.15, 0.2) is 17.8 Å². The molecule has 1 atom stereocenters. The van der Waals surface area contributed by atoms with Gasteiger partial charge in [-0.15, -0.1) is 0 Å². The Morgan fingerprint density at radius 3 is 2.82 bits per heavy atom. The monoisotopic (exact) mass is 408 g/mol. The first-order valence-electron chi connectivity index (χ1n) is 7.83. The summed E-state index contributed by atoms with van der Waals surface area (Å²) in [5, 5.41) is 9.61. The lowest BCUT2D eigenvalue weighted by Crippen LogP contribution is -2.35. The molecule has 4 N–H and O–H groups in total. The van der Waals surface area contributed by atoms with Crippen molar-refractivity contribution < 1.29 is 27.2 Å². The Hall–Kier alpha value is -3.29. The summed E-state index contributed by atoms with van der Waals surface area (Å²) in [5.74, 6) is -1.21. The molecule has 0 radical (unpaired) electrons. The van der Waals surface area contributed by atoms with E-state index in [1.807, 2.05) is 0 Å². The topological polar surface area (TPSA) is 172 Å². The summed E-state index contributed by atoms with van der Waals surface area (Å²) in [6.45, 7) is 1.18. The van der Waals surface area contributed by atoms with Crippen LogP contribution >= 0.6 is 0 Å². The molecule has 3 rings (SSSR count). The number of aromatic hydroxyl groups is 1. The summed E-state index contributed by atoms with van der Waals surface area (Å²) in [6.07, 6.45) is 1.41. The number of nitrogen functional groups attached to an aromatic ring is 1. The summed E-state index contributed by atoms with van der Waals surface area (Å²) in [6, 6.07) is 5.47. The van der Waals surface area contributed by atoms with Gasteiger partial charge in [-0.2, -0.15) is 8.42 Å². The minimum atomic E-state index is -4.49. The highest BCUT2D eigenvalue weighted by molar-refractivity contribution is 7.85. The number of imidazole rings is 1. The van der Waals surface area contributed by atoms with Crippen molar-refractivity contribution >= 4 is 33.2 Å². The van der Waals surface area contributed by atoms with E-state index >= 15 is 0 Å². The number of phenols is 1. The molecule has 0 aliphatic carbocycles. The highest BCUT2D eigenvalue weighted by Crippen LogP contribution is 2.16. The van der Waals surface area contributed by atoms with Crippen molar-refractivity contribution in [3.8, 4) is 5.75 Å². The maximum absolute atomic E-state index is 12.0. The second-order valence-electron chi connectivity index (χ2n) is 5.51. The van der Waals surface area contributed by atoms with E-state index < -0.39 is 22.5 Å². The quantitative estimate of drug-likeness (QED) is 0.456. The number of para-hydroxylation sites is 1. The summed E-state index contributed by atoms with van der Waals surface area (Å²) in [7, 11) is -4.49. The van der Waals surface area contributed by atoms with Crippen LogP contribution in [-0.4, -0.2) is 45.2 Å². The van der Waals surface area contributed by atoms with Crippen molar-refractivity contribution in [2.75, 3.05) is 5.73 Å². The molecule has 0 fully saturated rings. The van der Waals surface area contributed by atoms with Gasteiger partial charge < -0.3 is 15.6 Å². The number of hydrogen-bond acceptors (Lipinski definition) is 10. The zero-order valence-corrected chi connectivity index (χ0v) is 15.3. The van der Waals surface area contributed by atoms with Gasteiger partial charge in [-0.3, -0.25) is 9.36 Å². The van der Waals surface area contributed by atoms with Crippen molar-refractivity contribution in [3.05, 3.63) is 42.5 Å². The van der Waals surface area contributed by atoms with E-state index in [1.54, 1.807) is 4.72 Å². The Labute approximate surface area is 159 Å². The van der Waals surface area contributed by atoms with Crippen molar-refractivity contribution in [2.45, 2.75) is 19.9 Å². The predicted octanol–water partition coefficient (Wildman–Crippen LogP) is 0.126. The number of benzene rings is 1. The number of aromatic nitrogens is 4. The lowest BCUT2D eigenvalue weighted by molar-refractivity contribution is -0.0916.